The molecule has 2 aromatic carbocycles. The van der Waals surface area contributed by atoms with Crippen molar-refractivity contribution in [2.75, 3.05) is 11.1 Å². The number of rotatable bonds is 9. The molecule has 1 aromatic heterocycles. The molecule has 180 valence electrons. The zero-order chi connectivity index (χ0) is 24.8. The van der Waals surface area contributed by atoms with Crippen LogP contribution in [-0.2, 0) is 11.3 Å². The predicted molar refractivity (Wildman–Crippen MR) is 145 cm³/mol. The van der Waals surface area contributed by atoms with E-state index in [2.05, 4.69) is 63.3 Å². The van der Waals surface area contributed by atoms with Crippen molar-refractivity contribution in [1.82, 2.24) is 20.1 Å². The standard InChI is InChI=1S/C25H30IN5O2S/c1-6-31-23(17(5)27-24(33)19-10-8-7-9-16(19)4)29-30-25(31)34-14-22(32)28-21-12-11-18(26)13-20(21)15(2)3/h7-13,15,17H,6,14H2,1-5H3,(H,27,33)(H,28,32)/t17-/m0/s1. The molecule has 2 amide bonds. The van der Waals surface area contributed by atoms with Gasteiger partial charge in [0.25, 0.3) is 5.91 Å². The van der Waals surface area contributed by atoms with Crippen LogP contribution in [-0.4, -0.2) is 32.3 Å². The van der Waals surface area contributed by atoms with Crippen LogP contribution in [0.4, 0.5) is 5.69 Å². The molecule has 0 unspecified atom stereocenters. The van der Waals surface area contributed by atoms with E-state index in [-0.39, 0.29) is 23.6 Å². The number of hydrogen-bond acceptors (Lipinski definition) is 5. The minimum absolute atomic E-state index is 0.0961. The highest BCUT2D eigenvalue weighted by molar-refractivity contribution is 14.1. The first-order valence-electron chi connectivity index (χ1n) is 11.2. The van der Waals surface area contributed by atoms with Gasteiger partial charge in [-0.05, 0) is 84.7 Å². The largest absolute Gasteiger partial charge is 0.342 e. The van der Waals surface area contributed by atoms with E-state index in [0.29, 0.717) is 29.0 Å². The summed E-state index contributed by atoms with van der Waals surface area (Å²) in [5, 5.41) is 15.3. The molecular weight excluding hydrogens is 561 g/mol. The normalized spacial score (nSPS) is 12.0. The number of nitrogens with zero attached hydrogens (tertiary/aromatic N) is 3. The lowest BCUT2D eigenvalue weighted by atomic mass is 10.0. The summed E-state index contributed by atoms with van der Waals surface area (Å²) in [6.07, 6.45) is 0. The topological polar surface area (TPSA) is 88.9 Å². The predicted octanol–water partition coefficient (Wildman–Crippen LogP) is 5.56. The van der Waals surface area contributed by atoms with Crippen LogP contribution in [0.3, 0.4) is 0 Å². The summed E-state index contributed by atoms with van der Waals surface area (Å²) in [7, 11) is 0. The highest BCUT2D eigenvalue weighted by atomic mass is 127. The zero-order valence-corrected chi connectivity index (χ0v) is 23.0. The Balaban J connectivity index is 1.66. The van der Waals surface area contributed by atoms with Crippen molar-refractivity contribution in [1.29, 1.82) is 0 Å². The van der Waals surface area contributed by atoms with Gasteiger partial charge in [0.05, 0.1) is 11.8 Å². The number of aromatic nitrogens is 3. The van der Waals surface area contributed by atoms with Crippen LogP contribution in [0.15, 0.2) is 47.6 Å². The van der Waals surface area contributed by atoms with E-state index < -0.39 is 0 Å². The number of hydrogen-bond donors (Lipinski definition) is 2. The number of amides is 2. The molecule has 2 N–H and O–H groups in total. The van der Waals surface area contributed by atoms with Crippen LogP contribution in [0.5, 0.6) is 0 Å². The van der Waals surface area contributed by atoms with Gasteiger partial charge in [-0.25, -0.2) is 0 Å². The molecule has 0 aliphatic rings. The zero-order valence-electron chi connectivity index (χ0n) is 20.1. The summed E-state index contributed by atoms with van der Waals surface area (Å²) in [6, 6.07) is 13.2. The highest BCUT2D eigenvalue weighted by Crippen LogP contribution is 2.27. The third-order valence-electron chi connectivity index (χ3n) is 5.43. The van der Waals surface area contributed by atoms with E-state index in [9.17, 15) is 9.59 Å². The van der Waals surface area contributed by atoms with E-state index in [4.69, 9.17) is 0 Å². The molecule has 7 nitrogen and oxygen atoms in total. The van der Waals surface area contributed by atoms with Gasteiger partial charge in [0.2, 0.25) is 5.91 Å². The smallest absolute Gasteiger partial charge is 0.252 e. The lowest BCUT2D eigenvalue weighted by molar-refractivity contribution is -0.113. The summed E-state index contributed by atoms with van der Waals surface area (Å²) >= 11 is 3.62. The molecule has 3 aromatic rings. The number of benzene rings is 2. The molecule has 0 bridgehead atoms. The molecule has 0 radical (unpaired) electrons. The summed E-state index contributed by atoms with van der Waals surface area (Å²) in [5.41, 5.74) is 3.51. The van der Waals surface area contributed by atoms with Gasteiger partial charge in [-0.3, -0.25) is 9.59 Å². The molecule has 0 aliphatic heterocycles. The molecule has 3 rings (SSSR count). The lowest BCUT2D eigenvalue weighted by Crippen LogP contribution is -2.29. The van der Waals surface area contributed by atoms with E-state index in [1.807, 2.05) is 55.7 Å². The molecule has 1 atom stereocenters. The maximum atomic E-state index is 12.7. The second-order valence-electron chi connectivity index (χ2n) is 8.32. The third kappa shape index (κ3) is 6.38. The average Bonchev–Trinajstić information content (AvgIpc) is 3.22. The van der Waals surface area contributed by atoms with E-state index >= 15 is 0 Å². The summed E-state index contributed by atoms with van der Waals surface area (Å²) in [4.78, 5) is 25.4. The summed E-state index contributed by atoms with van der Waals surface area (Å²) in [5.74, 6) is 0.933. The number of nitrogens with one attached hydrogen (secondary N) is 2. The Kier molecular flexibility index (Phi) is 9.12. The molecule has 0 fully saturated rings. The highest BCUT2D eigenvalue weighted by Gasteiger charge is 2.21. The van der Waals surface area contributed by atoms with Crippen molar-refractivity contribution in [3.8, 4) is 0 Å². The van der Waals surface area contributed by atoms with Gasteiger partial charge in [0, 0.05) is 21.4 Å². The third-order valence-corrected chi connectivity index (χ3v) is 7.07. The van der Waals surface area contributed by atoms with Crippen molar-refractivity contribution in [3.63, 3.8) is 0 Å². The van der Waals surface area contributed by atoms with Gasteiger partial charge in [0.1, 0.15) is 0 Å². The van der Waals surface area contributed by atoms with Gasteiger partial charge in [-0.2, -0.15) is 0 Å². The minimum atomic E-state index is -0.330. The fourth-order valence-corrected chi connectivity index (χ4v) is 4.96. The first-order chi connectivity index (χ1) is 16.2. The SMILES string of the molecule is CCn1c(SCC(=O)Nc2ccc(I)cc2C(C)C)nnc1[C@H](C)NC(=O)c1ccccc1C. The fourth-order valence-electron chi connectivity index (χ4n) is 3.63. The Bertz CT molecular complexity index is 1180. The first-order valence-corrected chi connectivity index (χ1v) is 13.3. The maximum Gasteiger partial charge on any atom is 0.252 e. The lowest BCUT2D eigenvalue weighted by Gasteiger charge is -2.16. The van der Waals surface area contributed by atoms with Crippen molar-refractivity contribution in [2.45, 2.75) is 58.3 Å². The molecule has 0 spiro atoms. The molecule has 0 saturated carbocycles. The summed E-state index contributed by atoms with van der Waals surface area (Å²) in [6.45, 7) is 10.6. The molecule has 34 heavy (non-hydrogen) atoms. The quantitative estimate of drug-likeness (QED) is 0.252. The molecule has 9 heteroatoms. The molecular formula is C25H30IN5O2S. The Morgan fingerprint density at radius 3 is 2.53 bits per heavy atom. The van der Waals surface area contributed by atoms with E-state index in [0.717, 1.165) is 20.4 Å². The van der Waals surface area contributed by atoms with Crippen molar-refractivity contribution in [2.24, 2.45) is 0 Å². The van der Waals surface area contributed by atoms with Crippen LogP contribution in [0, 0.1) is 10.5 Å². The van der Waals surface area contributed by atoms with Crippen molar-refractivity contribution in [3.05, 3.63) is 68.5 Å². The van der Waals surface area contributed by atoms with E-state index in [1.165, 1.54) is 11.8 Å². The van der Waals surface area contributed by atoms with Crippen molar-refractivity contribution >= 4 is 51.9 Å². The van der Waals surface area contributed by atoms with Gasteiger partial charge in [0.15, 0.2) is 11.0 Å². The van der Waals surface area contributed by atoms with Crippen molar-refractivity contribution < 1.29 is 9.59 Å². The number of anilines is 1. The first kappa shape index (κ1) is 26.2. The number of carbonyl (C=O) groups is 2. The Labute approximate surface area is 218 Å². The Hall–Kier alpha value is -2.40. The van der Waals surface area contributed by atoms with Crippen LogP contribution in [0.2, 0.25) is 0 Å². The van der Waals surface area contributed by atoms with Crippen LogP contribution < -0.4 is 10.6 Å². The van der Waals surface area contributed by atoms with Crippen LogP contribution >= 0.6 is 34.4 Å². The van der Waals surface area contributed by atoms with Crippen LogP contribution in [0.25, 0.3) is 0 Å². The number of carbonyl (C=O) groups excluding carboxylic acids is 2. The van der Waals surface area contributed by atoms with Crippen LogP contribution in [0.1, 0.15) is 67.0 Å². The number of aryl methyl sites for hydroxylation is 1. The summed E-state index contributed by atoms with van der Waals surface area (Å²) < 4.78 is 3.08. The Morgan fingerprint density at radius 1 is 1.12 bits per heavy atom. The monoisotopic (exact) mass is 591 g/mol. The van der Waals surface area contributed by atoms with Gasteiger partial charge < -0.3 is 15.2 Å². The average molecular weight is 592 g/mol. The van der Waals surface area contributed by atoms with Gasteiger partial charge in [-0.15, -0.1) is 10.2 Å². The maximum absolute atomic E-state index is 12.7. The number of thioether (sulfide) groups is 1. The second kappa shape index (κ2) is 11.8. The fraction of sp³-hybridized carbons (Fsp3) is 0.360. The van der Waals surface area contributed by atoms with Gasteiger partial charge in [-0.1, -0.05) is 43.8 Å². The minimum Gasteiger partial charge on any atom is -0.342 e. The molecule has 1 heterocycles. The second-order valence-corrected chi connectivity index (χ2v) is 10.5. The molecule has 0 saturated heterocycles. The van der Waals surface area contributed by atoms with E-state index in [1.54, 1.807) is 6.07 Å². The molecule has 0 aliphatic carbocycles. The number of halogens is 1. The van der Waals surface area contributed by atoms with Gasteiger partial charge >= 0.3 is 0 Å². The Morgan fingerprint density at radius 2 is 1.85 bits per heavy atom.